The maximum atomic E-state index is 14.7. The van der Waals surface area contributed by atoms with Crippen LogP contribution in [0.4, 0.5) is 4.79 Å². The molecule has 0 saturated heterocycles. The molecule has 7 nitrogen and oxygen atoms in total. The van der Waals surface area contributed by atoms with Gasteiger partial charge < -0.3 is 20.3 Å². The molecule has 0 bridgehead atoms. The molecule has 2 atom stereocenters. The number of carbonyl (C=O) groups excluding carboxylic acids is 3. The van der Waals surface area contributed by atoms with E-state index in [-0.39, 0.29) is 24.3 Å². The number of ether oxygens (including phenoxy) is 1. The quantitative estimate of drug-likeness (QED) is 0.381. The van der Waals surface area contributed by atoms with E-state index in [2.05, 4.69) is 10.6 Å². The van der Waals surface area contributed by atoms with Crippen LogP contribution in [0.5, 0.6) is 0 Å². The second-order valence-corrected chi connectivity index (χ2v) is 13.4. The summed E-state index contributed by atoms with van der Waals surface area (Å²) in [5.74, 6) is -0.526. The molecule has 7 heteroatoms. The lowest BCUT2D eigenvalue weighted by Gasteiger charge is -2.44. The largest absolute Gasteiger partial charge is 0.444 e. The molecule has 2 unspecified atom stereocenters. The smallest absolute Gasteiger partial charge is 0.408 e. The second kappa shape index (κ2) is 13.5. The van der Waals surface area contributed by atoms with Crippen molar-refractivity contribution in [1.82, 2.24) is 15.5 Å². The van der Waals surface area contributed by atoms with Crippen LogP contribution >= 0.6 is 0 Å². The Hall–Kier alpha value is -3.35. The van der Waals surface area contributed by atoms with Gasteiger partial charge >= 0.3 is 6.09 Å². The van der Waals surface area contributed by atoms with E-state index in [0.29, 0.717) is 0 Å². The van der Waals surface area contributed by atoms with Gasteiger partial charge in [-0.2, -0.15) is 0 Å². The average molecular weight is 564 g/mol. The van der Waals surface area contributed by atoms with Gasteiger partial charge in [0.15, 0.2) is 0 Å². The van der Waals surface area contributed by atoms with E-state index in [1.807, 2.05) is 83.1 Å². The highest BCUT2D eigenvalue weighted by molar-refractivity contribution is 5.93. The van der Waals surface area contributed by atoms with Crippen LogP contribution in [0.2, 0.25) is 0 Å². The van der Waals surface area contributed by atoms with Crippen molar-refractivity contribution in [3.8, 4) is 0 Å². The van der Waals surface area contributed by atoms with E-state index in [0.717, 1.165) is 47.9 Å². The van der Waals surface area contributed by atoms with E-state index >= 15 is 0 Å². The first-order valence-corrected chi connectivity index (χ1v) is 14.9. The van der Waals surface area contributed by atoms with Crippen LogP contribution in [0.25, 0.3) is 0 Å². The van der Waals surface area contributed by atoms with Crippen LogP contribution in [0, 0.1) is 13.8 Å². The van der Waals surface area contributed by atoms with Gasteiger partial charge in [0.1, 0.15) is 17.7 Å². The van der Waals surface area contributed by atoms with Gasteiger partial charge in [-0.05, 0) is 84.9 Å². The van der Waals surface area contributed by atoms with Gasteiger partial charge in [-0.15, -0.1) is 0 Å². The summed E-state index contributed by atoms with van der Waals surface area (Å²) in [5.41, 5.74) is 2.15. The standard InChI is InChI=1S/C34H49N3O4/c1-23-19-20-24(2)27(21-23)29(30(38)35-26-17-13-10-14-18-26)37(33(3,4)5)31(39)28(22-25-15-11-9-12-16-25)36-32(40)41-34(6,7)8/h9,11-12,15-16,19-21,26,28-29H,10,13-14,17-18,22H2,1-8H3,(H,35,38)(H,36,40). The maximum absolute atomic E-state index is 14.7. The highest BCUT2D eigenvalue weighted by Gasteiger charge is 2.43. The van der Waals surface area contributed by atoms with E-state index in [1.54, 1.807) is 25.7 Å². The fourth-order valence-electron chi connectivity index (χ4n) is 5.49. The Labute approximate surface area is 246 Å². The molecule has 1 saturated carbocycles. The van der Waals surface area contributed by atoms with E-state index < -0.39 is 29.3 Å². The zero-order valence-electron chi connectivity index (χ0n) is 26.2. The summed E-state index contributed by atoms with van der Waals surface area (Å²) < 4.78 is 5.55. The third-order valence-corrected chi connectivity index (χ3v) is 7.42. The number of aryl methyl sites for hydroxylation is 2. The van der Waals surface area contributed by atoms with Crippen molar-refractivity contribution < 1.29 is 19.1 Å². The molecule has 0 aromatic heterocycles. The molecular formula is C34H49N3O4. The molecule has 2 aromatic rings. The molecule has 3 rings (SSSR count). The molecule has 2 aromatic carbocycles. The van der Waals surface area contributed by atoms with Gasteiger partial charge in [0, 0.05) is 18.0 Å². The summed E-state index contributed by atoms with van der Waals surface area (Å²) in [6.45, 7) is 15.1. The Bertz CT molecular complexity index is 1190. The first-order chi connectivity index (χ1) is 19.2. The number of alkyl carbamates (subject to hydrolysis) is 1. The molecule has 3 amide bonds. The third-order valence-electron chi connectivity index (χ3n) is 7.42. The van der Waals surface area contributed by atoms with Crippen LogP contribution in [0.15, 0.2) is 48.5 Å². The van der Waals surface area contributed by atoms with Crippen LogP contribution in [0.3, 0.4) is 0 Å². The van der Waals surface area contributed by atoms with Crippen LogP contribution < -0.4 is 10.6 Å². The van der Waals surface area contributed by atoms with Crippen molar-refractivity contribution in [3.05, 3.63) is 70.8 Å². The monoisotopic (exact) mass is 563 g/mol. The zero-order valence-corrected chi connectivity index (χ0v) is 26.2. The van der Waals surface area contributed by atoms with Crippen LogP contribution in [-0.2, 0) is 20.7 Å². The SMILES string of the molecule is Cc1ccc(C)c(C(C(=O)NC2CCCCC2)N(C(=O)C(Cc2ccccc2)NC(=O)OC(C)(C)C)C(C)(C)C)c1. The predicted octanol–water partition coefficient (Wildman–Crippen LogP) is 6.56. The first kappa shape index (κ1) is 32.2. The third kappa shape index (κ3) is 9.34. The second-order valence-electron chi connectivity index (χ2n) is 13.4. The molecule has 2 N–H and O–H groups in total. The van der Waals surface area contributed by atoms with Gasteiger partial charge in [0.2, 0.25) is 11.8 Å². The van der Waals surface area contributed by atoms with E-state index in [9.17, 15) is 14.4 Å². The highest BCUT2D eigenvalue weighted by atomic mass is 16.6. The lowest BCUT2D eigenvalue weighted by Crippen LogP contribution is -2.59. The zero-order chi connectivity index (χ0) is 30.4. The number of nitrogens with zero attached hydrogens (tertiary/aromatic N) is 1. The van der Waals surface area contributed by atoms with Crippen LogP contribution in [0.1, 0.15) is 102 Å². The fraction of sp³-hybridized carbons (Fsp3) is 0.559. The van der Waals surface area contributed by atoms with Gasteiger partial charge in [-0.1, -0.05) is 73.4 Å². The van der Waals surface area contributed by atoms with Crippen molar-refractivity contribution >= 4 is 17.9 Å². The van der Waals surface area contributed by atoms with E-state index in [4.69, 9.17) is 4.74 Å². The van der Waals surface area contributed by atoms with Gasteiger partial charge in [0.25, 0.3) is 0 Å². The number of nitrogens with one attached hydrogen (secondary N) is 2. The van der Waals surface area contributed by atoms with Gasteiger partial charge in [-0.25, -0.2) is 4.79 Å². The predicted molar refractivity (Wildman–Crippen MR) is 164 cm³/mol. The van der Waals surface area contributed by atoms with Crippen molar-refractivity contribution in [2.75, 3.05) is 0 Å². The molecule has 41 heavy (non-hydrogen) atoms. The molecule has 1 aliphatic rings. The Morgan fingerprint density at radius 1 is 0.927 bits per heavy atom. The Morgan fingerprint density at radius 3 is 2.15 bits per heavy atom. The summed E-state index contributed by atoms with van der Waals surface area (Å²) in [7, 11) is 0. The summed E-state index contributed by atoms with van der Waals surface area (Å²) >= 11 is 0. The Balaban J connectivity index is 2.09. The number of benzene rings is 2. The van der Waals surface area contributed by atoms with Gasteiger partial charge in [-0.3, -0.25) is 9.59 Å². The van der Waals surface area contributed by atoms with Crippen molar-refractivity contribution in [2.45, 2.75) is 123 Å². The summed E-state index contributed by atoms with van der Waals surface area (Å²) in [6, 6.07) is 13.9. The minimum absolute atomic E-state index is 0.0841. The Kier molecular flexibility index (Phi) is 10.6. The summed E-state index contributed by atoms with van der Waals surface area (Å²) in [4.78, 5) is 43.6. The Morgan fingerprint density at radius 2 is 1.56 bits per heavy atom. The molecule has 0 aliphatic heterocycles. The summed E-state index contributed by atoms with van der Waals surface area (Å²) in [6.07, 6.45) is 4.80. The lowest BCUT2D eigenvalue weighted by atomic mass is 9.90. The number of rotatable bonds is 8. The van der Waals surface area contributed by atoms with Gasteiger partial charge in [0.05, 0.1) is 0 Å². The molecular weight excluding hydrogens is 514 g/mol. The highest BCUT2D eigenvalue weighted by Crippen LogP contribution is 2.33. The number of carbonyl (C=O) groups is 3. The normalized spacial score (nSPS) is 15.9. The molecule has 1 fully saturated rings. The lowest BCUT2D eigenvalue weighted by molar-refractivity contribution is -0.148. The number of amides is 3. The molecule has 224 valence electrons. The number of hydrogen-bond acceptors (Lipinski definition) is 4. The molecule has 0 radical (unpaired) electrons. The van der Waals surface area contributed by atoms with Crippen molar-refractivity contribution in [2.24, 2.45) is 0 Å². The van der Waals surface area contributed by atoms with E-state index in [1.165, 1.54) is 6.42 Å². The minimum Gasteiger partial charge on any atom is -0.444 e. The van der Waals surface area contributed by atoms with Crippen molar-refractivity contribution in [1.29, 1.82) is 0 Å². The van der Waals surface area contributed by atoms with Crippen molar-refractivity contribution in [3.63, 3.8) is 0 Å². The molecule has 0 spiro atoms. The average Bonchev–Trinajstić information content (AvgIpc) is 2.87. The number of hydrogen-bond donors (Lipinski definition) is 2. The minimum atomic E-state index is -0.943. The molecule has 1 aliphatic carbocycles. The maximum Gasteiger partial charge on any atom is 0.408 e. The first-order valence-electron chi connectivity index (χ1n) is 14.9. The molecule has 0 heterocycles. The fourth-order valence-corrected chi connectivity index (χ4v) is 5.49. The van der Waals surface area contributed by atoms with Crippen LogP contribution in [-0.4, -0.2) is 46.0 Å². The summed E-state index contributed by atoms with van der Waals surface area (Å²) in [5, 5.41) is 6.13. The topological polar surface area (TPSA) is 87.7 Å².